The van der Waals surface area contributed by atoms with Crippen LogP contribution in [-0.2, 0) is 4.79 Å². The number of carbonyl (C=O) groups is 1. The second kappa shape index (κ2) is 6.74. The van der Waals surface area contributed by atoms with Gasteiger partial charge in [-0.1, -0.05) is 12.1 Å². The summed E-state index contributed by atoms with van der Waals surface area (Å²) in [5.41, 5.74) is 4.43. The van der Waals surface area contributed by atoms with Crippen LogP contribution >= 0.6 is 0 Å². The molecular formula is C19H21N3O2. The molecule has 3 aromatic rings. The fourth-order valence-electron chi connectivity index (χ4n) is 2.59. The van der Waals surface area contributed by atoms with Crippen molar-refractivity contribution < 1.29 is 9.53 Å². The van der Waals surface area contributed by atoms with E-state index in [2.05, 4.69) is 40.4 Å². The largest absolute Gasteiger partial charge is 0.468 e. The molecule has 0 atom stereocenters. The number of hydrogen-bond acceptors (Lipinski definition) is 3. The second-order valence-corrected chi connectivity index (χ2v) is 6.13. The molecule has 0 bridgehead atoms. The molecule has 1 amide bonds. The van der Waals surface area contributed by atoms with Crippen LogP contribution in [0, 0.1) is 6.92 Å². The molecule has 2 aromatic heterocycles. The van der Waals surface area contributed by atoms with E-state index in [0.717, 1.165) is 16.6 Å². The molecule has 1 aromatic carbocycles. The van der Waals surface area contributed by atoms with Crippen LogP contribution in [-0.4, -0.2) is 28.5 Å². The second-order valence-electron chi connectivity index (χ2n) is 6.13. The van der Waals surface area contributed by atoms with Crippen LogP contribution in [0.4, 0.5) is 0 Å². The molecule has 0 spiro atoms. The van der Waals surface area contributed by atoms with Gasteiger partial charge in [-0.15, -0.1) is 0 Å². The van der Waals surface area contributed by atoms with Crippen LogP contribution in [0.15, 0.2) is 42.7 Å². The number of ether oxygens (including phenoxy) is 1. The van der Waals surface area contributed by atoms with Gasteiger partial charge in [0.25, 0.3) is 5.91 Å². The minimum atomic E-state index is -0.150. The molecule has 0 saturated heterocycles. The number of hydrogen-bond donors (Lipinski definition) is 2. The highest BCUT2D eigenvalue weighted by Gasteiger charge is 2.06. The van der Waals surface area contributed by atoms with Crippen molar-refractivity contribution in [2.45, 2.75) is 26.8 Å². The summed E-state index contributed by atoms with van der Waals surface area (Å²) in [6.45, 7) is 5.88. The summed E-state index contributed by atoms with van der Waals surface area (Å²) < 4.78 is 5.40. The number of aromatic amines is 1. The molecule has 0 saturated carbocycles. The average Bonchev–Trinajstić information content (AvgIpc) is 2.93. The van der Waals surface area contributed by atoms with Gasteiger partial charge in [0, 0.05) is 41.0 Å². The lowest BCUT2D eigenvalue weighted by atomic mass is 10.1. The molecule has 5 nitrogen and oxygen atoms in total. The van der Waals surface area contributed by atoms with Gasteiger partial charge in [-0.3, -0.25) is 4.79 Å². The van der Waals surface area contributed by atoms with E-state index in [1.807, 2.05) is 26.1 Å². The Morgan fingerprint density at radius 3 is 2.75 bits per heavy atom. The van der Waals surface area contributed by atoms with Crippen LogP contribution < -0.4 is 10.1 Å². The number of rotatable bonds is 5. The van der Waals surface area contributed by atoms with Crippen LogP contribution in [0.2, 0.25) is 0 Å². The SMILES string of the molecule is Cc1c[nH]c2cc(-c3ccc(OCC(=O)NC(C)C)nc3)ccc12. The lowest BCUT2D eigenvalue weighted by Crippen LogP contribution is -2.34. The van der Waals surface area contributed by atoms with Crippen molar-refractivity contribution in [3.63, 3.8) is 0 Å². The Bertz CT molecular complexity index is 851. The molecule has 0 fully saturated rings. The van der Waals surface area contributed by atoms with Crippen molar-refractivity contribution >= 4 is 16.8 Å². The van der Waals surface area contributed by atoms with Gasteiger partial charge in [0.05, 0.1) is 0 Å². The highest BCUT2D eigenvalue weighted by molar-refractivity contribution is 5.87. The van der Waals surface area contributed by atoms with E-state index in [1.165, 1.54) is 10.9 Å². The zero-order valence-electron chi connectivity index (χ0n) is 14.1. The molecule has 24 heavy (non-hydrogen) atoms. The maximum absolute atomic E-state index is 11.6. The summed E-state index contributed by atoms with van der Waals surface area (Å²) in [6, 6.07) is 10.1. The number of carbonyl (C=O) groups excluding carboxylic acids is 1. The van der Waals surface area contributed by atoms with Crippen molar-refractivity contribution in [3.05, 3.63) is 48.3 Å². The Morgan fingerprint density at radius 1 is 1.25 bits per heavy atom. The number of pyridine rings is 1. The Hall–Kier alpha value is -2.82. The van der Waals surface area contributed by atoms with E-state index < -0.39 is 0 Å². The van der Waals surface area contributed by atoms with Gasteiger partial charge in [-0.25, -0.2) is 4.98 Å². The van der Waals surface area contributed by atoms with Crippen molar-refractivity contribution in [2.75, 3.05) is 6.61 Å². The summed E-state index contributed by atoms with van der Waals surface area (Å²) >= 11 is 0. The molecule has 0 radical (unpaired) electrons. The molecule has 0 aliphatic rings. The fourth-order valence-corrected chi connectivity index (χ4v) is 2.59. The number of aryl methyl sites for hydroxylation is 1. The Kier molecular flexibility index (Phi) is 4.51. The predicted molar refractivity (Wildman–Crippen MR) is 95.0 cm³/mol. The molecule has 3 rings (SSSR count). The maximum Gasteiger partial charge on any atom is 0.258 e. The van der Waals surface area contributed by atoms with E-state index in [4.69, 9.17) is 4.74 Å². The molecule has 2 N–H and O–H groups in total. The Labute approximate surface area is 141 Å². The Balaban J connectivity index is 1.70. The summed E-state index contributed by atoms with van der Waals surface area (Å²) in [6.07, 6.45) is 3.76. The molecule has 124 valence electrons. The highest BCUT2D eigenvalue weighted by atomic mass is 16.5. The predicted octanol–water partition coefficient (Wildman–Crippen LogP) is 3.44. The maximum atomic E-state index is 11.6. The third-order valence-electron chi connectivity index (χ3n) is 3.76. The van der Waals surface area contributed by atoms with Gasteiger partial charge < -0.3 is 15.0 Å². The van der Waals surface area contributed by atoms with Crippen LogP contribution in [0.1, 0.15) is 19.4 Å². The third-order valence-corrected chi connectivity index (χ3v) is 3.76. The third kappa shape index (κ3) is 3.56. The molecule has 0 aliphatic heterocycles. The first-order valence-corrected chi connectivity index (χ1v) is 7.99. The molecule has 2 heterocycles. The van der Waals surface area contributed by atoms with Crippen LogP contribution in [0.5, 0.6) is 5.88 Å². The number of nitrogens with zero attached hydrogens (tertiary/aromatic N) is 1. The van der Waals surface area contributed by atoms with E-state index in [1.54, 1.807) is 12.3 Å². The smallest absolute Gasteiger partial charge is 0.258 e. The average molecular weight is 323 g/mol. The first kappa shape index (κ1) is 16.1. The number of aromatic nitrogens is 2. The van der Waals surface area contributed by atoms with Gasteiger partial charge in [0.15, 0.2) is 6.61 Å². The number of amides is 1. The van der Waals surface area contributed by atoms with Crippen LogP contribution in [0.25, 0.3) is 22.0 Å². The van der Waals surface area contributed by atoms with Gasteiger partial charge in [0.2, 0.25) is 5.88 Å². The molecular weight excluding hydrogens is 302 g/mol. The fraction of sp³-hybridized carbons (Fsp3) is 0.263. The quantitative estimate of drug-likeness (QED) is 0.756. The lowest BCUT2D eigenvalue weighted by molar-refractivity contribution is -0.123. The Morgan fingerprint density at radius 2 is 2.04 bits per heavy atom. The van der Waals surface area contributed by atoms with Gasteiger partial charge >= 0.3 is 0 Å². The minimum absolute atomic E-state index is 0.0295. The summed E-state index contributed by atoms with van der Waals surface area (Å²) in [5, 5.41) is 4.00. The normalized spacial score (nSPS) is 11.0. The first-order valence-electron chi connectivity index (χ1n) is 7.99. The van der Waals surface area contributed by atoms with E-state index in [-0.39, 0.29) is 18.6 Å². The molecule has 5 heteroatoms. The van der Waals surface area contributed by atoms with Gasteiger partial charge in [0.1, 0.15) is 0 Å². The highest BCUT2D eigenvalue weighted by Crippen LogP contribution is 2.26. The van der Waals surface area contributed by atoms with Crippen LogP contribution in [0.3, 0.4) is 0 Å². The monoisotopic (exact) mass is 323 g/mol. The summed E-state index contributed by atoms with van der Waals surface area (Å²) in [4.78, 5) is 19.1. The lowest BCUT2D eigenvalue weighted by Gasteiger charge is -2.09. The van der Waals surface area contributed by atoms with Crippen molar-refractivity contribution in [1.29, 1.82) is 0 Å². The standard InChI is InChI=1S/C19H21N3O2/c1-12(2)22-18(23)11-24-19-7-5-15(10-21-19)14-4-6-16-13(3)9-20-17(16)8-14/h4-10,12,20H,11H2,1-3H3,(H,22,23). The minimum Gasteiger partial charge on any atom is -0.468 e. The van der Waals surface area contributed by atoms with Crippen molar-refractivity contribution in [1.82, 2.24) is 15.3 Å². The van der Waals surface area contributed by atoms with Gasteiger partial charge in [-0.05, 0) is 44.0 Å². The summed E-state index contributed by atoms with van der Waals surface area (Å²) in [7, 11) is 0. The topological polar surface area (TPSA) is 67.0 Å². The van der Waals surface area contributed by atoms with E-state index in [9.17, 15) is 4.79 Å². The summed E-state index contributed by atoms with van der Waals surface area (Å²) in [5.74, 6) is 0.290. The number of nitrogens with one attached hydrogen (secondary N) is 2. The number of benzene rings is 1. The van der Waals surface area contributed by atoms with Gasteiger partial charge in [-0.2, -0.15) is 0 Å². The van der Waals surface area contributed by atoms with E-state index in [0.29, 0.717) is 5.88 Å². The van der Waals surface area contributed by atoms with Crippen molar-refractivity contribution in [3.8, 4) is 17.0 Å². The first-order chi connectivity index (χ1) is 11.5. The molecule has 0 aliphatic carbocycles. The molecule has 0 unspecified atom stereocenters. The number of fused-ring (bicyclic) bond motifs is 1. The zero-order valence-corrected chi connectivity index (χ0v) is 14.1. The zero-order chi connectivity index (χ0) is 17.1. The number of H-pyrrole nitrogens is 1. The van der Waals surface area contributed by atoms with E-state index >= 15 is 0 Å². The van der Waals surface area contributed by atoms with Crippen molar-refractivity contribution in [2.24, 2.45) is 0 Å².